The maximum Gasteiger partial charge on any atom is 0.168 e. The molecule has 0 amide bonds. The third-order valence-corrected chi connectivity index (χ3v) is 1.10. The molecule has 0 rings (SSSR count). The van der Waals surface area contributed by atoms with Crippen LogP contribution in [-0.2, 0) is 4.52 Å². The molecule has 3 heteroatoms. The molecule has 0 radical (unpaired) electrons. The van der Waals surface area contributed by atoms with E-state index in [1.54, 1.807) is 7.11 Å². The SMILES string of the molecule is BP(C)OC. The molecule has 0 fully saturated rings. The van der Waals surface area contributed by atoms with Crippen molar-refractivity contribution in [2.45, 2.75) is 0 Å². The van der Waals surface area contributed by atoms with Crippen LogP contribution in [0, 0.1) is 0 Å². The fraction of sp³-hybridized carbons (Fsp3) is 1.00. The number of hydrogen-bond donors (Lipinski definition) is 0. The average molecular weight is 89.9 g/mol. The van der Waals surface area contributed by atoms with Gasteiger partial charge in [0.15, 0.2) is 7.57 Å². The quantitative estimate of drug-likeness (QED) is 0.330. The van der Waals surface area contributed by atoms with Gasteiger partial charge in [0.05, 0.1) is 0 Å². The van der Waals surface area contributed by atoms with E-state index in [2.05, 4.69) is 14.2 Å². The highest BCUT2D eigenvalue weighted by Crippen LogP contribution is 2.20. The maximum atomic E-state index is 4.81. The van der Waals surface area contributed by atoms with Gasteiger partial charge in [0.2, 0.25) is 0 Å². The van der Waals surface area contributed by atoms with Gasteiger partial charge in [0, 0.05) is 7.11 Å². The predicted molar refractivity (Wildman–Crippen MR) is 28.4 cm³/mol. The lowest BCUT2D eigenvalue weighted by atomic mass is 10.8. The Balaban J connectivity index is 2.54. The van der Waals surface area contributed by atoms with E-state index in [9.17, 15) is 0 Å². The van der Waals surface area contributed by atoms with Gasteiger partial charge in [-0.15, -0.1) is 0 Å². The fourth-order valence-corrected chi connectivity index (χ4v) is 0. The summed E-state index contributed by atoms with van der Waals surface area (Å²) in [4.78, 5) is 0. The molecule has 0 aromatic rings. The van der Waals surface area contributed by atoms with Crippen LogP contribution in [-0.4, -0.2) is 21.3 Å². The number of hydrogen-bond acceptors (Lipinski definition) is 1. The van der Waals surface area contributed by atoms with Gasteiger partial charge >= 0.3 is 0 Å². The van der Waals surface area contributed by atoms with Crippen molar-refractivity contribution in [3.8, 4) is 0 Å². The molecule has 0 aliphatic heterocycles. The summed E-state index contributed by atoms with van der Waals surface area (Å²) in [5.74, 6) is 0. The zero-order chi connectivity index (χ0) is 4.28. The summed E-state index contributed by atoms with van der Waals surface area (Å²) in [6, 6.07) is 0. The van der Waals surface area contributed by atoms with E-state index in [4.69, 9.17) is 4.52 Å². The van der Waals surface area contributed by atoms with Crippen molar-refractivity contribution in [2.75, 3.05) is 13.8 Å². The zero-order valence-electron chi connectivity index (χ0n) is 3.86. The monoisotopic (exact) mass is 90.0 g/mol. The Morgan fingerprint density at radius 3 is 2.00 bits per heavy atom. The molecule has 0 bridgehead atoms. The van der Waals surface area contributed by atoms with Gasteiger partial charge in [-0.25, -0.2) is 0 Å². The van der Waals surface area contributed by atoms with E-state index >= 15 is 0 Å². The summed E-state index contributed by atoms with van der Waals surface area (Å²) in [6.45, 7) is 2.06. The lowest BCUT2D eigenvalue weighted by molar-refractivity contribution is 0.474. The summed E-state index contributed by atoms with van der Waals surface area (Å²) in [5, 5.41) is 0. The molecule has 0 aliphatic carbocycles. The molecule has 1 atom stereocenters. The molecule has 30 valence electrons. The van der Waals surface area contributed by atoms with Gasteiger partial charge < -0.3 is 4.52 Å². The Bertz CT molecular complexity index is 23.6. The minimum absolute atomic E-state index is 0.0983. The molecule has 1 nitrogen and oxygen atoms in total. The van der Waals surface area contributed by atoms with E-state index in [1.165, 1.54) is 0 Å². The lowest BCUT2D eigenvalue weighted by Gasteiger charge is -1.95. The van der Waals surface area contributed by atoms with Gasteiger partial charge in [0.25, 0.3) is 0 Å². The molecule has 1 unspecified atom stereocenters. The first-order chi connectivity index (χ1) is 2.27. The maximum absolute atomic E-state index is 4.81. The molecule has 0 saturated heterocycles. The highest BCUT2D eigenvalue weighted by atomic mass is 31.1. The van der Waals surface area contributed by atoms with Gasteiger partial charge in [-0.1, -0.05) is 0 Å². The van der Waals surface area contributed by atoms with Crippen molar-refractivity contribution in [1.29, 1.82) is 0 Å². The third kappa shape index (κ3) is 4.45. The molecule has 5 heavy (non-hydrogen) atoms. The molecule has 0 aromatic heterocycles. The molecule has 0 aromatic carbocycles. The third-order valence-electron chi connectivity index (χ3n) is 0.365. The minimum atomic E-state index is -0.0983. The smallest absolute Gasteiger partial charge is 0.168 e. The normalized spacial score (nSPS) is 14.8. The fourth-order valence-electron chi connectivity index (χ4n) is 0. The summed E-state index contributed by atoms with van der Waals surface area (Å²) in [5.41, 5.74) is 0. The average Bonchev–Trinajstić information content (AvgIpc) is 1.38. The summed E-state index contributed by atoms with van der Waals surface area (Å²) in [7, 11) is 3.69. The van der Waals surface area contributed by atoms with Crippen molar-refractivity contribution < 1.29 is 4.52 Å². The van der Waals surface area contributed by atoms with Crippen LogP contribution in [0.4, 0.5) is 0 Å². The Hall–Kier alpha value is 0.455. The van der Waals surface area contributed by atoms with Crippen LogP contribution in [0.15, 0.2) is 0 Å². The molecular formula is C2H8BOP. The first kappa shape index (κ1) is 5.45. The van der Waals surface area contributed by atoms with Crippen LogP contribution >= 0.6 is 8.03 Å². The van der Waals surface area contributed by atoms with Crippen LogP contribution in [0.3, 0.4) is 0 Å². The van der Waals surface area contributed by atoms with Gasteiger partial charge in [-0.2, -0.15) is 0 Å². The van der Waals surface area contributed by atoms with Crippen molar-refractivity contribution in [2.24, 2.45) is 0 Å². The van der Waals surface area contributed by atoms with Crippen LogP contribution in [0.5, 0.6) is 0 Å². The lowest BCUT2D eigenvalue weighted by Crippen LogP contribution is -1.67. The van der Waals surface area contributed by atoms with Crippen molar-refractivity contribution in [1.82, 2.24) is 0 Å². The molecule has 0 N–H and O–H groups in total. The molecule has 0 aliphatic rings. The Kier molecular flexibility index (Phi) is 2.92. The minimum Gasteiger partial charge on any atom is -0.373 e. The van der Waals surface area contributed by atoms with Crippen molar-refractivity contribution in [3.05, 3.63) is 0 Å². The largest absolute Gasteiger partial charge is 0.373 e. The summed E-state index contributed by atoms with van der Waals surface area (Å²) >= 11 is 0. The molecule has 0 spiro atoms. The standard InChI is InChI=1S/C2H8BOP/c1-4-5(2)3/h3H2,1-2H3. The first-order valence-electron chi connectivity index (χ1n) is 1.49. The highest BCUT2D eigenvalue weighted by molar-refractivity contribution is 7.77. The van der Waals surface area contributed by atoms with E-state index < -0.39 is 0 Å². The first-order valence-corrected chi connectivity index (χ1v) is 3.64. The number of rotatable bonds is 1. The van der Waals surface area contributed by atoms with Crippen LogP contribution < -0.4 is 0 Å². The zero-order valence-corrected chi connectivity index (χ0v) is 4.75. The molecular weight excluding hydrogens is 81.8 g/mol. The second-order valence-corrected chi connectivity index (χ2v) is 2.98. The van der Waals surface area contributed by atoms with E-state index in [1.807, 2.05) is 0 Å². The van der Waals surface area contributed by atoms with Crippen LogP contribution in [0.25, 0.3) is 0 Å². The summed E-state index contributed by atoms with van der Waals surface area (Å²) in [6.07, 6.45) is 0. The van der Waals surface area contributed by atoms with E-state index in [0.29, 0.717) is 0 Å². The van der Waals surface area contributed by atoms with E-state index in [-0.39, 0.29) is 8.03 Å². The summed E-state index contributed by atoms with van der Waals surface area (Å²) < 4.78 is 4.81. The molecule has 0 heterocycles. The van der Waals surface area contributed by atoms with Gasteiger partial charge in [0.1, 0.15) is 0 Å². The Morgan fingerprint density at radius 2 is 2.00 bits per heavy atom. The van der Waals surface area contributed by atoms with Crippen LogP contribution in [0.2, 0.25) is 0 Å². The van der Waals surface area contributed by atoms with Gasteiger partial charge in [-0.05, 0) is 14.7 Å². The van der Waals surface area contributed by atoms with Gasteiger partial charge in [-0.3, -0.25) is 0 Å². The molecule has 0 saturated carbocycles. The Labute approximate surface area is 34.9 Å². The van der Waals surface area contributed by atoms with E-state index in [0.717, 1.165) is 0 Å². The van der Waals surface area contributed by atoms with Crippen LogP contribution in [0.1, 0.15) is 0 Å². The topological polar surface area (TPSA) is 9.23 Å². The second kappa shape index (κ2) is 2.68. The predicted octanol–water partition coefficient (Wildman–Crippen LogP) is 0.208. The Morgan fingerprint density at radius 1 is 1.80 bits per heavy atom. The highest BCUT2D eigenvalue weighted by Gasteiger charge is 1.78. The van der Waals surface area contributed by atoms with Crippen molar-refractivity contribution >= 4 is 15.6 Å². The second-order valence-electron chi connectivity index (χ2n) is 0.995. The van der Waals surface area contributed by atoms with Crippen molar-refractivity contribution in [3.63, 3.8) is 0 Å².